The summed E-state index contributed by atoms with van der Waals surface area (Å²) in [6.45, 7) is 9.37. The molecule has 1 aliphatic heterocycles. The number of benzene rings is 2. The summed E-state index contributed by atoms with van der Waals surface area (Å²) in [7, 11) is 0. The van der Waals surface area contributed by atoms with Gasteiger partial charge in [0.1, 0.15) is 0 Å². The number of nitrogens with one attached hydrogen (secondary N) is 2. The van der Waals surface area contributed by atoms with E-state index in [1.807, 2.05) is 0 Å². The molecule has 1 fully saturated rings. The largest absolute Gasteiger partial charge is 0.379 e. The summed E-state index contributed by atoms with van der Waals surface area (Å²) in [5.41, 5.74) is 1.35. The Morgan fingerprint density at radius 2 is 1.88 bits per heavy atom. The molecule has 1 aliphatic rings. The number of hydrogen-bond donors (Lipinski definition) is 2. The van der Waals surface area contributed by atoms with Crippen LogP contribution >= 0.6 is 0 Å². The maximum Gasteiger partial charge on any atom is 0.191 e. The first kappa shape index (κ1) is 18.7. The number of morpholine rings is 1. The van der Waals surface area contributed by atoms with E-state index in [4.69, 9.17) is 9.73 Å². The molecule has 3 rings (SSSR count). The molecule has 0 unspecified atom stereocenters. The Balaban J connectivity index is 1.46. The molecule has 2 N–H and O–H groups in total. The van der Waals surface area contributed by atoms with Crippen LogP contribution in [0.4, 0.5) is 0 Å². The molecule has 140 valence electrons. The van der Waals surface area contributed by atoms with Crippen LogP contribution in [0.5, 0.6) is 0 Å². The van der Waals surface area contributed by atoms with Gasteiger partial charge in [-0.2, -0.15) is 0 Å². The Hall–Kier alpha value is -2.11. The number of fused-ring (bicyclic) bond motifs is 1. The molecule has 1 saturated heterocycles. The highest BCUT2D eigenvalue weighted by Crippen LogP contribution is 2.15. The normalized spacial score (nSPS) is 16.0. The number of ether oxygens (including phenoxy) is 1. The van der Waals surface area contributed by atoms with Crippen molar-refractivity contribution in [3.8, 4) is 0 Å². The summed E-state index contributed by atoms with van der Waals surface area (Å²) in [6.07, 6.45) is 0.985. The molecule has 0 amide bonds. The summed E-state index contributed by atoms with van der Waals surface area (Å²) in [5, 5.41) is 9.38. The van der Waals surface area contributed by atoms with Crippen molar-refractivity contribution in [2.75, 3.05) is 52.5 Å². The van der Waals surface area contributed by atoms with Crippen molar-refractivity contribution in [1.29, 1.82) is 0 Å². The van der Waals surface area contributed by atoms with Gasteiger partial charge in [-0.05, 0) is 29.7 Å². The number of rotatable bonds is 7. The van der Waals surface area contributed by atoms with Gasteiger partial charge in [-0.1, -0.05) is 42.5 Å². The third kappa shape index (κ3) is 5.71. The maximum atomic E-state index is 5.39. The van der Waals surface area contributed by atoms with Crippen LogP contribution in [-0.2, 0) is 11.2 Å². The zero-order valence-electron chi connectivity index (χ0n) is 15.7. The molecule has 2 aromatic rings. The van der Waals surface area contributed by atoms with Crippen molar-refractivity contribution in [3.05, 3.63) is 48.0 Å². The molecule has 0 aromatic heterocycles. The molecule has 26 heavy (non-hydrogen) atoms. The quantitative estimate of drug-likeness (QED) is 0.592. The van der Waals surface area contributed by atoms with Crippen LogP contribution < -0.4 is 10.6 Å². The smallest absolute Gasteiger partial charge is 0.191 e. The van der Waals surface area contributed by atoms with Gasteiger partial charge in [-0.25, -0.2) is 0 Å². The lowest BCUT2D eigenvalue weighted by molar-refractivity contribution is 0.0394. The Bertz CT molecular complexity index is 710. The highest BCUT2D eigenvalue weighted by Gasteiger charge is 2.09. The van der Waals surface area contributed by atoms with Crippen molar-refractivity contribution in [2.24, 2.45) is 4.99 Å². The third-order valence-electron chi connectivity index (χ3n) is 4.65. The molecule has 0 saturated carbocycles. The highest BCUT2D eigenvalue weighted by molar-refractivity contribution is 5.83. The van der Waals surface area contributed by atoms with Crippen LogP contribution in [0.2, 0.25) is 0 Å². The topological polar surface area (TPSA) is 48.9 Å². The maximum absolute atomic E-state index is 5.39. The predicted octanol–water partition coefficient (Wildman–Crippen LogP) is 2.27. The zero-order chi connectivity index (χ0) is 18.0. The molecular formula is C21H30N4O. The third-order valence-corrected chi connectivity index (χ3v) is 4.65. The van der Waals surface area contributed by atoms with Crippen LogP contribution in [0.3, 0.4) is 0 Å². The van der Waals surface area contributed by atoms with Gasteiger partial charge < -0.3 is 15.4 Å². The van der Waals surface area contributed by atoms with Gasteiger partial charge >= 0.3 is 0 Å². The Labute approximate surface area is 156 Å². The Kier molecular flexibility index (Phi) is 7.28. The first-order chi connectivity index (χ1) is 12.8. The fourth-order valence-electron chi connectivity index (χ4n) is 3.19. The second kappa shape index (κ2) is 10.1. The molecule has 5 heteroatoms. The number of guanidine groups is 1. The van der Waals surface area contributed by atoms with E-state index < -0.39 is 0 Å². The summed E-state index contributed by atoms with van der Waals surface area (Å²) < 4.78 is 5.39. The van der Waals surface area contributed by atoms with E-state index in [0.717, 1.165) is 64.9 Å². The van der Waals surface area contributed by atoms with Crippen LogP contribution in [0.25, 0.3) is 10.8 Å². The van der Waals surface area contributed by atoms with Crippen molar-refractivity contribution in [2.45, 2.75) is 13.3 Å². The summed E-state index contributed by atoms with van der Waals surface area (Å²) >= 11 is 0. The second-order valence-corrected chi connectivity index (χ2v) is 6.57. The van der Waals surface area contributed by atoms with Crippen molar-refractivity contribution in [3.63, 3.8) is 0 Å². The minimum absolute atomic E-state index is 0.811. The van der Waals surface area contributed by atoms with Gasteiger partial charge in [0.2, 0.25) is 0 Å². The van der Waals surface area contributed by atoms with E-state index in [-0.39, 0.29) is 0 Å². The molecule has 0 aliphatic carbocycles. The van der Waals surface area contributed by atoms with Gasteiger partial charge in [0.25, 0.3) is 0 Å². The van der Waals surface area contributed by atoms with Crippen LogP contribution in [0.15, 0.2) is 47.5 Å². The average molecular weight is 354 g/mol. The van der Waals surface area contributed by atoms with E-state index in [9.17, 15) is 0 Å². The number of hydrogen-bond acceptors (Lipinski definition) is 3. The molecular weight excluding hydrogens is 324 g/mol. The number of nitrogens with zero attached hydrogens (tertiary/aromatic N) is 2. The van der Waals surface area contributed by atoms with Crippen molar-refractivity contribution < 1.29 is 4.74 Å². The van der Waals surface area contributed by atoms with E-state index in [0.29, 0.717) is 0 Å². The van der Waals surface area contributed by atoms with Gasteiger partial charge in [0.15, 0.2) is 5.96 Å². The van der Waals surface area contributed by atoms with Crippen LogP contribution in [0, 0.1) is 0 Å². The minimum atomic E-state index is 0.811. The monoisotopic (exact) mass is 354 g/mol. The van der Waals surface area contributed by atoms with Crippen LogP contribution in [0.1, 0.15) is 12.5 Å². The fourth-order valence-corrected chi connectivity index (χ4v) is 3.19. The molecule has 1 heterocycles. The van der Waals surface area contributed by atoms with E-state index in [1.165, 1.54) is 16.3 Å². The van der Waals surface area contributed by atoms with E-state index in [2.05, 4.69) is 64.9 Å². The van der Waals surface area contributed by atoms with E-state index in [1.54, 1.807) is 0 Å². The SMILES string of the molecule is CCNC(=NCCN1CCOCC1)NCCc1ccc2ccccc2c1. The van der Waals surface area contributed by atoms with Gasteiger partial charge in [0, 0.05) is 32.7 Å². The summed E-state index contributed by atoms with van der Waals surface area (Å²) in [4.78, 5) is 7.11. The first-order valence-electron chi connectivity index (χ1n) is 9.65. The molecule has 0 spiro atoms. The standard InChI is InChI=1S/C21H30N4O/c1-2-22-21(24-11-12-25-13-15-26-16-14-25)23-10-9-18-7-8-19-5-3-4-6-20(19)17-18/h3-8,17H,2,9-16H2,1H3,(H2,22,23,24). The molecule has 0 radical (unpaired) electrons. The van der Waals surface area contributed by atoms with Gasteiger partial charge in [0.05, 0.1) is 19.8 Å². The van der Waals surface area contributed by atoms with Gasteiger partial charge in [-0.15, -0.1) is 0 Å². The fraction of sp³-hybridized carbons (Fsp3) is 0.476. The molecule has 2 aromatic carbocycles. The Morgan fingerprint density at radius 3 is 2.69 bits per heavy atom. The van der Waals surface area contributed by atoms with Crippen LogP contribution in [-0.4, -0.2) is 63.3 Å². The second-order valence-electron chi connectivity index (χ2n) is 6.57. The predicted molar refractivity (Wildman–Crippen MR) is 109 cm³/mol. The minimum Gasteiger partial charge on any atom is -0.379 e. The Morgan fingerprint density at radius 1 is 1.08 bits per heavy atom. The van der Waals surface area contributed by atoms with Gasteiger partial charge in [-0.3, -0.25) is 9.89 Å². The summed E-state index contributed by atoms with van der Waals surface area (Å²) in [6, 6.07) is 15.2. The number of aliphatic imine (C=N–C) groups is 1. The van der Waals surface area contributed by atoms with Crippen molar-refractivity contribution >= 4 is 16.7 Å². The lowest BCUT2D eigenvalue weighted by atomic mass is 10.1. The highest BCUT2D eigenvalue weighted by atomic mass is 16.5. The molecule has 0 atom stereocenters. The average Bonchev–Trinajstić information content (AvgIpc) is 2.69. The zero-order valence-corrected chi connectivity index (χ0v) is 15.7. The van der Waals surface area contributed by atoms with E-state index >= 15 is 0 Å². The summed E-state index contributed by atoms with van der Waals surface area (Å²) in [5.74, 6) is 0.904. The lowest BCUT2D eigenvalue weighted by Gasteiger charge is -2.25. The van der Waals surface area contributed by atoms with Crippen molar-refractivity contribution in [1.82, 2.24) is 15.5 Å². The molecule has 0 bridgehead atoms. The molecule has 5 nitrogen and oxygen atoms in total. The lowest BCUT2D eigenvalue weighted by Crippen LogP contribution is -2.40. The first-order valence-corrected chi connectivity index (χ1v) is 9.65.